The number of nitrogens with zero attached hydrogens (tertiary/aromatic N) is 5. The fraction of sp³-hybridized carbons (Fsp3) is 0.150. The first kappa shape index (κ1) is 19.8. The third-order valence-electron chi connectivity index (χ3n) is 4.34. The molecule has 0 aliphatic carbocycles. The number of rotatable bonds is 5. The van der Waals surface area contributed by atoms with E-state index in [-0.39, 0.29) is 18.0 Å². The molecule has 0 fully saturated rings. The highest BCUT2D eigenvalue weighted by Gasteiger charge is 2.20. The molecule has 30 heavy (non-hydrogen) atoms. The molecule has 0 unspecified atom stereocenters. The molecule has 1 amide bonds. The molecule has 0 aliphatic heterocycles. The van der Waals surface area contributed by atoms with E-state index in [1.54, 1.807) is 38.5 Å². The summed E-state index contributed by atoms with van der Waals surface area (Å²) >= 11 is 1.18. The van der Waals surface area contributed by atoms with Crippen molar-refractivity contribution in [2.75, 3.05) is 5.32 Å². The largest absolute Gasteiger partial charge is 0.306 e. The number of carbonyl (C=O) groups excluding carboxylic acids is 1. The maximum Gasteiger partial charge on any atom is 0.268 e. The molecule has 0 aliphatic rings. The Hall–Kier alpha value is -3.53. The van der Waals surface area contributed by atoms with Crippen molar-refractivity contribution in [3.63, 3.8) is 0 Å². The number of carbonyl (C=O) groups is 1. The van der Waals surface area contributed by atoms with E-state index in [4.69, 9.17) is 0 Å². The Labute approximate surface area is 174 Å². The van der Waals surface area contributed by atoms with Gasteiger partial charge >= 0.3 is 0 Å². The summed E-state index contributed by atoms with van der Waals surface area (Å²) in [5.74, 6) is -0.636. The van der Waals surface area contributed by atoms with Gasteiger partial charge in [0.1, 0.15) is 22.3 Å². The van der Waals surface area contributed by atoms with E-state index >= 15 is 0 Å². The zero-order valence-electron chi connectivity index (χ0n) is 16.1. The van der Waals surface area contributed by atoms with E-state index in [2.05, 4.69) is 25.4 Å². The smallest absolute Gasteiger partial charge is 0.268 e. The highest BCUT2D eigenvalue weighted by molar-refractivity contribution is 7.17. The van der Waals surface area contributed by atoms with Gasteiger partial charge in [-0.1, -0.05) is 0 Å². The van der Waals surface area contributed by atoms with E-state index in [1.165, 1.54) is 16.0 Å². The summed E-state index contributed by atoms with van der Waals surface area (Å²) in [6.45, 7) is 3.46. The summed E-state index contributed by atoms with van der Waals surface area (Å²) < 4.78 is 28.9. The number of thiazole rings is 1. The van der Waals surface area contributed by atoms with Crippen molar-refractivity contribution < 1.29 is 13.6 Å². The highest BCUT2D eigenvalue weighted by atomic mass is 32.1. The Kier molecular flexibility index (Phi) is 5.32. The average molecular weight is 426 g/mol. The fourth-order valence-electron chi connectivity index (χ4n) is 2.86. The van der Waals surface area contributed by atoms with Crippen molar-refractivity contribution in [2.24, 2.45) is 0 Å². The monoisotopic (exact) mass is 426 g/mol. The summed E-state index contributed by atoms with van der Waals surface area (Å²) in [4.78, 5) is 26.0. The minimum Gasteiger partial charge on any atom is -0.306 e. The lowest BCUT2D eigenvalue weighted by Crippen LogP contribution is -2.17. The minimum atomic E-state index is -0.548. The number of hydrogen-bond donors (Lipinski definition) is 1. The summed E-state index contributed by atoms with van der Waals surface area (Å²) in [6, 6.07) is 4.92. The zero-order valence-corrected chi connectivity index (χ0v) is 16.9. The van der Waals surface area contributed by atoms with Gasteiger partial charge in [-0.3, -0.25) is 4.79 Å². The van der Waals surface area contributed by atoms with Crippen LogP contribution in [0.1, 0.15) is 26.5 Å². The predicted octanol–water partition coefficient (Wildman–Crippen LogP) is 3.99. The van der Waals surface area contributed by atoms with Crippen LogP contribution in [0.3, 0.4) is 0 Å². The van der Waals surface area contributed by atoms with Gasteiger partial charge < -0.3 is 5.32 Å². The Morgan fingerprint density at radius 3 is 2.73 bits per heavy atom. The molecular formula is C20H16F2N6OS. The molecule has 0 atom stereocenters. The van der Waals surface area contributed by atoms with Gasteiger partial charge in [-0.25, -0.2) is 28.4 Å². The molecule has 3 heterocycles. The molecule has 10 heteroatoms. The maximum atomic E-state index is 14.0. The number of nitrogens with one attached hydrogen (secondary N) is 1. The number of anilines is 1. The van der Waals surface area contributed by atoms with Crippen molar-refractivity contribution in [3.8, 4) is 10.8 Å². The molecule has 0 radical (unpaired) electrons. The molecule has 4 aromatic rings. The third-order valence-corrected chi connectivity index (χ3v) is 5.49. The van der Waals surface area contributed by atoms with Crippen molar-refractivity contribution in [1.29, 1.82) is 0 Å². The number of amides is 1. The summed E-state index contributed by atoms with van der Waals surface area (Å²) in [6.07, 6.45) is 4.76. The van der Waals surface area contributed by atoms with E-state index in [9.17, 15) is 13.6 Å². The lowest BCUT2D eigenvalue weighted by atomic mass is 10.2. The van der Waals surface area contributed by atoms with Gasteiger partial charge in [0.15, 0.2) is 10.8 Å². The lowest BCUT2D eigenvalue weighted by molar-refractivity contribution is 0.102. The normalized spacial score (nSPS) is 10.9. The quantitative estimate of drug-likeness (QED) is 0.522. The van der Waals surface area contributed by atoms with Crippen LogP contribution < -0.4 is 5.32 Å². The number of hydrogen-bond acceptors (Lipinski definition) is 6. The molecule has 4 rings (SSSR count). The molecule has 0 spiro atoms. The number of aromatic nitrogens is 5. The fourth-order valence-corrected chi connectivity index (χ4v) is 3.77. The van der Waals surface area contributed by atoms with Gasteiger partial charge in [-0.2, -0.15) is 5.10 Å². The Morgan fingerprint density at radius 1 is 1.20 bits per heavy atom. The molecule has 7 nitrogen and oxygen atoms in total. The Balaban J connectivity index is 1.60. The molecule has 1 N–H and O–H groups in total. The van der Waals surface area contributed by atoms with E-state index in [0.29, 0.717) is 32.8 Å². The second-order valence-corrected chi connectivity index (χ2v) is 7.53. The molecule has 0 bridgehead atoms. The van der Waals surface area contributed by atoms with Crippen LogP contribution in [0.15, 0.2) is 42.9 Å². The molecule has 0 saturated heterocycles. The minimum absolute atomic E-state index is 0.0299. The molecule has 0 saturated carbocycles. The van der Waals surface area contributed by atoms with Gasteiger partial charge in [0.2, 0.25) is 0 Å². The summed E-state index contributed by atoms with van der Waals surface area (Å²) in [5.41, 5.74) is 1.36. The van der Waals surface area contributed by atoms with Crippen molar-refractivity contribution in [2.45, 2.75) is 20.4 Å². The standard InChI is InChI=1S/C20H16F2N6OS/c1-11-9-25-28(10-13-8-14(21)4-5-15(13)22)18(11)27-19(29)16-12(2)26-20(30-16)17-23-6-3-7-24-17/h3-9H,10H2,1-2H3,(H,27,29). The van der Waals surface area contributed by atoms with Crippen molar-refractivity contribution in [3.05, 3.63) is 76.2 Å². The second-order valence-electron chi connectivity index (χ2n) is 6.53. The van der Waals surface area contributed by atoms with E-state index in [0.717, 1.165) is 18.2 Å². The first-order valence-electron chi connectivity index (χ1n) is 8.95. The third kappa shape index (κ3) is 3.94. The van der Waals surface area contributed by atoms with Gasteiger partial charge in [0.25, 0.3) is 5.91 Å². The number of halogens is 2. The Morgan fingerprint density at radius 2 is 1.97 bits per heavy atom. The predicted molar refractivity (Wildman–Crippen MR) is 108 cm³/mol. The number of benzene rings is 1. The van der Waals surface area contributed by atoms with Crippen LogP contribution in [-0.2, 0) is 6.54 Å². The van der Waals surface area contributed by atoms with Crippen molar-refractivity contribution >= 4 is 23.1 Å². The van der Waals surface area contributed by atoms with E-state index in [1.807, 2.05) is 0 Å². The average Bonchev–Trinajstić information content (AvgIpc) is 3.29. The first-order chi connectivity index (χ1) is 14.4. The number of aryl methyl sites for hydroxylation is 2. The topological polar surface area (TPSA) is 85.6 Å². The molecule has 3 aromatic heterocycles. The Bertz CT molecular complexity index is 1220. The van der Waals surface area contributed by atoms with Crippen LogP contribution in [-0.4, -0.2) is 30.6 Å². The highest BCUT2D eigenvalue weighted by Crippen LogP contribution is 2.27. The van der Waals surface area contributed by atoms with Crippen molar-refractivity contribution in [1.82, 2.24) is 24.7 Å². The van der Waals surface area contributed by atoms with Crippen LogP contribution in [0.2, 0.25) is 0 Å². The van der Waals surface area contributed by atoms with Crippen LogP contribution in [0.5, 0.6) is 0 Å². The maximum absolute atomic E-state index is 14.0. The zero-order chi connectivity index (χ0) is 21.3. The summed E-state index contributed by atoms with van der Waals surface area (Å²) in [7, 11) is 0. The molecule has 152 valence electrons. The van der Waals surface area contributed by atoms with E-state index < -0.39 is 11.6 Å². The SMILES string of the molecule is Cc1cnn(Cc2cc(F)ccc2F)c1NC(=O)c1sc(-c2ncccn2)nc1C. The lowest BCUT2D eigenvalue weighted by Gasteiger charge is -2.11. The molecule has 1 aromatic carbocycles. The van der Waals surface area contributed by atoms with Crippen LogP contribution in [0, 0.1) is 25.5 Å². The van der Waals surface area contributed by atoms with Crippen LogP contribution >= 0.6 is 11.3 Å². The van der Waals surface area contributed by atoms with Crippen LogP contribution in [0.4, 0.5) is 14.6 Å². The molecular weight excluding hydrogens is 410 g/mol. The van der Waals surface area contributed by atoms with Gasteiger partial charge in [-0.15, -0.1) is 11.3 Å². The van der Waals surface area contributed by atoms with Crippen LogP contribution in [0.25, 0.3) is 10.8 Å². The first-order valence-corrected chi connectivity index (χ1v) is 9.76. The van der Waals surface area contributed by atoms with Gasteiger partial charge in [0.05, 0.1) is 18.4 Å². The van der Waals surface area contributed by atoms with Gasteiger partial charge in [-0.05, 0) is 38.1 Å². The summed E-state index contributed by atoms with van der Waals surface area (Å²) in [5, 5.41) is 7.53. The second kappa shape index (κ2) is 8.07. The van der Waals surface area contributed by atoms with Gasteiger partial charge in [0, 0.05) is 23.5 Å².